The Morgan fingerprint density at radius 2 is 0.507 bits per heavy atom. The van der Waals surface area contributed by atoms with Gasteiger partial charge in [-0.05, 0) is 210 Å². The third-order valence-electron chi connectivity index (χ3n) is 21.6. The van der Waals surface area contributed by atoms with Crippen LogP contribution in [0.1, 0.15) is 160 Å². The van der Waals surface area contributed by atoms with Crippen LogP contribution in [-0.4, -0.2) is 143 Å². The van der Waals surface area contributed by atoms with Crippen LogP contribution >= 0.6 is 22.7 Å². The molecule has 0 saturated carbocycles. The van der Waals surface area contributed by atoms with E-state index in [0.29, 0.717) is 83.0 Å². The number of anilines is 5. The summed E-state index contributed by atoms with van der Waals surface area (Å²) in [5.41, 5.74) is 17.2. The molecule has 16 N–H and O–H groups in total. The Morgan fingerprint density at radius 1 is 0.287 bits per heavy atom. The van der Waals surface area contributed by atoms with Crippen LogP contribution in [-0.2, 0) is 0 Å². The SMILES string of the molecule is CN(C)C(=O)c1ccc(C(=O)Nc2cc3c(/C=C/c4ccc(F)cc4)n[nH]c3cc2F)o1.CNC(=O)c1ccc(C(=O)Nc2cc3c(/C=C/c4ccc(F)cc4)n[nH]c3cc2F)o1.CNC(=O)c1ccc(C(=O)Nc2cc3c(/C=C/c4cccs4)n[nH]c3cc2F)o1.NC(=O)c1ccc(C(=O)Nc2cc3c(/C=C/c4ccc(F)cc4)n[nH]c3cc2F)o1.NC(=O)c1ccc(C(=O)Nc2cc3c(/C=C/c4cccs4)n[nH]c3cc2F)o1. The molecule has 0 aliphatic carbocycles. The van der Waals surface area contributed by atoms with E-state index in [9.17, 15) is 83.1 Å². The molecular formula is C105H76F8N20O15S2. The summed E-state index contributed by atoms with van der Waals surface area (Å²) in [6.45, 7) is 0. The van der Waals surface area contributed by atoms with Gasteiger partial charge >= 0.3 is 0 Å². The largest absolute Gasteiger partial charge is 0.446 e. The summed E-state index contributed by atoms with van der Waals surface area (Å²) in [5.74, 6) is -11.9. The van der Waals surface area contributed by atoms with Crippen molar-refractivity contribution in [3.63, 3.8) is 0 Å². The van der Waals surface area contributed by atoms with E-state index in [1.165, 1.54) is 177 Å². The Hall–Kier alpha value is -20.2. The number of aromatic nitrogens is 10. The Kier molecular flexibility index (Phi) is 31.5. The average Bonchev–Trinajstić information content (AvgIpc) is 1.66. The number of carbonyl (C=O) groups excluding carboxylic acids is 10. The van der Waals surface area contributed by atoms with Gasteiger partial charge in [0.25, 0.3) is 59.1 Å². The van der Waals surface area contributed by atoms with Gasteiger partial charge in [0.2, 0.25) is 0 Å². The zero-order valence-corrected chi connectivity index (χ0v) is 79.6. The van der Waals surface area contributed by atoms with E-state index in [0.717, 1.165) is 26.4 Å². The smallest absolute Gasteiger partial charge is 0.291 e. The fourth-order valence-electron chi connectivity index (χ4n) is 14.1. The Morgan fingerprint density at radius 3 is 0.727 bits per heavy atom. The van der Waals surface area contributed by atoms with Crippen LogP contribution in [0.15, 0.2) is 251 Å². The number of thiophene rings is 2. The van der Waals surface area contributed by atoms with Crippen molar-refractivity contribution >= 4 is 225 Å². The molecule has 0 fully saturated rings. The van der Waals surface area contributed by atoms with Crippen molar-refractivity contribution in [1.29, 1.82) is 0 Å². The van der Waals surface area contributed by atoms with Gasteiger partial charge in [0, 0.05) is 95.2 Å². The lowest BCUT2D eigenvalue weighted by Crippen LogP contribution is -2.21. The minimum atomic E-state index is -0.822. The quantitative estimate of drug-likeness (QED) is 0.0236. The van der Waals surface area contributed by atoms with Gasteiger partial charge in [0.05, 0.1) is 84.5 Å². The van der Waals surface area contributed by atoms with Crippen molar-refractivity contribution in [2.24, 2.45) is 11.5 Å². The standard InChI is InChI=1S/C23H18F2N4O3.C22H16F2N4O3.C21H14F2N4O3.C20H15FN4O3S.C19H13FN4O3S/c1-29(2)23(31)21-10-9-20(32-21)22(30)26-19-11-15-17(27-28-18(15)12-16(19)25)8-5-13-3-6-14(24)7-4-13;1-25-21(29)19-8-9-20(31-19)22(30)26-18-10-14-16(27-28-17(14)11-15(18)24)7-4-12-2-5-13(23)6-3-12;22-12-4-1-11(2-5-12)3-6-15-13-9-17(14(23)10-16(13)27-26-15)25-21(29)19-8-7-18(30-19)20(24)28;1-22-19(26)17-6-7-18(28-17)20(27)23-16-9-12-14(5-4-11-3-2-8-29-11)24-25-15(12)10-13(16)21;20-12-9-14-11(13(23-24-14)4-3-10-2-1-7-28-10)8-15(12)22-19(26)17-6-5-16(27-17)18(21)25/h3-12H,1-2H3,(H,26,30)(H,27,28);2-11H,1H3,(H,25,29)(H,26,30)(H,27,28);1-10H,(H2,24,28)(H,25,29)(H,26,27);2-10H,1H3,(H,22,26)(H,23,27)(H,24,25);1-9H,(H2,21,25)(H,22,26)(H,23,24)/b8-5+;7-4+;6-3+;5-4+;4-3+. The van der Waals surface area contributed by atoms with Crippen LogP contribution in [0.4, 0.5) is 63.6 Å². The van der Waals surface area contributed by atoms with E-state index < -0.39 is 88.2 Å². The summed E-state index contributed by atoms with van der Waals surface area (Å²) in [4.78, 5) is 123. The molecule has 12 aromatic heterocycles. The lowest BCUT2D eigenvalue weighted by atomic mass is 10.1. The molecule has 0 unspecified atom stereocenters. The third-order valence-corrected chi connectivity index (χ3v) is 23.3. The molecule has 20 aromatic rings. The summed E-state index contributed by atoms with van der Waals surface area (Å²) >= 11 is 3.17. The molecule has 150 heavy (non-hydrogen) atoms. The third kappa shape index (κ3) is 25.0. The fraction of sp³-hybridized carbons (Fsp3) is 0.0381. The van der Waals surface area contributed by atoms with Crippen molar-refractivity contribution in [1.82, 2.24) is 66.5 Å². The number of hydrogen-bond acceptors (Lipinski definition) is 22. The van der Waals surface area contributed by atoms with Gasteiger partial charge in [-0.1, -0.05) is 66.8 Å². The normalized spacial score (nSPS) is 11.3. The first kappa shape index (κ1) is 103. The minimum absolute atomic E-state index is 0.000810. The van der Waals surface area contributed by atoms with Gasteiger partial charge in [-0.3, -0.25) is 73.4 Å². The number of benzene rings is 8. The summed E-state index contributed by atoms with van der Waals surface area (Å²) in [7, 11) is 6.00. The molecule has 10 amide bonds. The van der Waals surface area contributed by atoms with Gasteiger partial charge in [-0.25, -0.2) is 35.1 Å². The molecule has 12 heterocycles. The number of nitrogens with one attached hydrogen (secondary N) is 12. The predicted molar refractivity (Wildman–Crippen MR) is 548 cm³/mol. The van der Waals surface area contributed by atoms with E-state index in [1.807, 2.05) is 53.3 Å². The highest BCUT2D eigenvalue weighted by Crippen LogP contribution is 2.34. The first-order valence-electron chi connectivity index (χ1n) is 44.2. The molecule has 0 aliphatic rings. The van der Waals surface area contributed by atoms with Crippen molar-refractivity contribution in [3.05, 3.63) is 388 Å². The maximum absolute atomic E-state index is 14.5. The molecule has 754 valence electrons. The molecule has 8 aromatic carbocycles. The zero-order valence-electron chi connectivity index (χ0n) is 78.0. The highest BCUT2D eigenvalue weighted by molar-refractivity contribution is 7.11. The number of carbonyl (C=O) groups is 10. The van der Waals surface area contributed by atoms with Crippen LogP contribution in [0.2, 0.25) is 0 Å². The lowest BCUT2D eigenvalue weighted by Gasteiger charge is -2.07. The maximum Gasteiger partial charge on any atom is 0.291 e. The van der Waals surface area contributed by atoms with Crippen LogP contribution in [0.3, 0.4) is 0 Å². The van der Waals surface area contributed by atoms with Crippen molar-refractivity contribution < 1.29 is 105 Å². The Bertz CT molecular complexity index is 8680. The van der Waals surface area contributed by atoms with Crippen LogP contribution in [0.5, 0.6) is 0 Å². The van der Waals surface area contributed by atoms with E-state index in [2.05, 4.69) is 88.2 Å². The molecule has 0 radical (unpaired) electrons. The molecule has 20 rings (SSSR count). The van der Waals surface area contributed by atoms with Gasteiger partial charge in [0.1, 0.15) is 46.5 Å². The average molecular weight is 2070 g/mol. The van der Waals surface area contributed by atoms with Gasteiger partial charge in [0.15, 0.2) is 57.6 Å². The van der Waals surface area contributed by atoms with Gasteiger partial charge in [-0.2, -0.15) is 25.5 Å². The number of fused-ring (bicyclic) bond motifs is 5. The van der Waals surface area contributed by atoms with Crippen molar-refractivity contribution in [3.8, 4) is 0 Å². The molecule has 0 aliphatic heterocycles. The highest BCUT2D eigenvalue weighted by Gasteiger charge is 2.26. The summed E-state index contributed by atoms with van der Waals surface area (Å²) < 4.78 is 137. The van der Waals surface area contributed by atoms with Crippen LogP contribution in [0, 0.1) is 46.5 Å². The van der Waals surface area contributed by atoms with E-state index in [4.69, 9.17) is 33.6 Å². The number of halogens is 8. The first-order chi connectivity index (χ1) is 72.2. The van der Waals surface area contributed by atoms with Crippen LogP contribution in [0.25, 0.3) is 115 Å². The molecular weight excluding hydrogens is 2000 g/mol. The van der Waals surface area contributed by atoms with E-state index in [-0.39, 0.29) is 103 Å². The number of furan rings is 5. The van der Waals surface area contributed by atoms with Crippen molar-refractivity contribution in [2.45, 2.75) is 0 Å². The lowest BCUT2D eigenvalue weighted by molar-refractivity contribution is 0.0791. The Labute approximate surface area is 846 Å². The number of aromatic amines is 5. The fourth-order valence-corrected chi connectivity index (χ4v) is 15.3. The molecule has 0 saturated heterocycles. The summed E-state index contributed by atoms with van der Waals surface area (Å²) in [6, 6.07) is 52.2. The number of amides is 10. The maximum atomic E-state index is 14.5. The molecule has 0 atom stereocenters. The molecule has 45 heteroatoms. The summed E-state index contributed by atoms with van der Waals surface area (Å²) in [6.07, 6.45) is 17.7. The second-order valence-electron chi connectivity index (χ2n) is 32.0. The molecule has 0 bridgehead atoms. The van der Waals surface area contributed by atoms with Crippen molar-refractivity contribution in [2.75, 3.05) is 54.8 Å². The zero-order chi connectivity index (χ0) is 106. The number of hydrogen-bond donors (Lipinski definition) is 14. The Balaban J connectivity index is 0.000000134. The summed E-state index contributed by atoms with van der Waals surface area (Å²) in [5, 5.41) is 58.5. The first-order valence-corrected chi connectivity index (χ1v) is 45.9. The number of rotatable bonds is 25. The number of nitrogens with zero attached hydrogens (tertiary/aromatic N) is 6. The number of nitrogens with two attached hydrogens (primary N) is 2. The number of primary amides is 2. The van der Waals surface area contributed by atoms with E-state index in [1.54, 1.807) is 116 Å². The number of H-pyrrole nitrogens is 5. The topological polar surface area (TPSA) is 519 Å². The molecule has 35 nitrogen and oxygen atoms in total. The monoisotopic (exact) mass is 2070 g/mol. The van der Waals surface area contributed by atoms with Gasteiger partial charge < -0.3 is 75.7 Å². The second kappa shape index (κ2) is 46.0. The van der Waals surface area contributed by atoms with Gasteiger partial charge in [-0.15, -0.1) is 22.7 Å². The minimum Gasteiger partial charge on any atom is -0.446 e. The van der Waals surface area contributed by atoms with E-state index >= 15 is 0 Å². The second-order valence-corrected chi connectivity index (χ2v) is 33.9. The predicted octanol–water partition coefficient (Wildman–Crippen LogP) is 20.7. The molecule has 0 spiro atoms. The highest BCUT2D eigenvalue weighted by atomic mass is 32.1. The van der Waals surface area contributed by atoms with Crippen LogP contribution < -0.4 is 48.7 Å².